The summed E-state index contributed by atoms with van der Waals surface area (Å²) >= 11 is 0. The van der Waals surface area contributed by atoms with Crippen LogP contribution < -0.4 is 15.4 Å². The third kappa shape index (κ3) is 7.95. The van der Waals surface area contributed by atoms with E-state index in [0.29, 0.717) is 0 Å². The number of hydrogen-bond acceptors (Lipinski definition) is 4. The maximum atomic E-state index is 11.6. The van der Waals surface area contributed by atoms with Gasteiger partial charge in [0.25, 0.3) is 0 Å². The number of rotatable bonds is 7. The Morgan fingerprint density at radius 3 is 2.20 bits per heavy atom. The van der Waals surface area contributed by atoms with Gasteiger partial charge in [-0.05, 0) is 12.5 Å². The van der Waals surface area contributed by atoms with Gasteiger partial charge in [0, 0.05) is 12.6 Å². The van der Waals surface area contributed by atoms with E-state index < -0.39 is 33.5 Å². The summed E-state index contributed by atoms with van der Waals surface area (Å²) in [6, 6.07) is -1.14. The van der Waals surface area contributed by atoms with E-state index in [-0.39, 0.29) is 18.7 Å². The van der Waals surface area contributed by atoms with Crippen LogP contribution in [0.1, 0.15) is 27.2 Å². The number of hydrogen-bond donors (Lipinski definition) is 4. The van der Waals surface area contributed by atoms with E-state index in [0.717, 1.165) is 0 Å². The Morgan fingerprint density at radius 1 is 1.25 bits per heavy atom. The van der Waals surface area contributed by atoms with Gasteiger partial charge in [0.2, 0.25) is 10.0 Å². The van der Waals surface area contributed by atoms with Crippen LogP contribution in [0.3, 0.4) is 0 Å². The maximum Gasteiger partial charge on any atom is 0.315 e. The number of carbonyl (C=O) groups is 2. The first kappa shape index (κ1) is 18.7. The van der Waals surface area contributed by atoms with E-state index in [1.807, 2.05) is 20.8 Å². The number of carboxylic acids is 1. The molecule has 0 bridgehead atoms. The van der Waals surface area contributed by atoms with Crippen LogP contribution in [0.4, 0.5) is 4.79 Å². The predicted molar refractivity (Wildman–Crippen MR) is 74.9 cm³/mol. The number of carbonyl (C=O) groups excluding carboxylic acids is 1. The zero-order chi connectivity index (χ0) is 16.0. The highest BCUT2D eigenvalue weighted by atomic mass is 32.2. The standard InChI is InChI=1S/C11H23N3O5S/c1-11(2,3)8(7-9(15)16)14-10(17)13-5-6-20(18,19)12-4/h8,12H,5-7H2,1-4H3,(H,15,16)(H2,13,14,17). The summed E-state index contributed by atoms with van der Waals surface area (Å²) in [6.07, 6.45) is -0.203. The molecule has 0 rings (SSSR count). The normalized spacial score (nSPS) is 13.6. The number of aliphatic carboxylic acids is 1. The highest BCUT2D eigenvalue weighted by molar-refractivity contribution is 7.89. The lowest BCUT2D eigenvalue weighted by molar-refractivity contribution is -0.138. The van der Waals surface area contributed by atoms with E-state index in [1.165, 1.54) is 7.05 Å². The summed E-state index contributed by atoms with van der Waals surface area (Å²) in [5, 5.41) is 13.7. The molecule has 0 aliphatic heterocycles. The molecular formula is C11H23N3O5S. The van der Waals surface area contributed by atoms with Gasteiger partial charge in [-0.2, -0.15) is 0 Å². The Labute approximate surface area is 119 Å². The SMILES string of the molecule is CNS(=O)(=O)CCNC(=O)NC(CC(=O)O)C(C)(C)C. The van der Waals surface area contributed by atoms with Crippen molar-refractivity contribution in [3.63, 3.8) is 0 Å². The molecule has 2 amide bonds. The third-order valence-corrected chi connectivity index (χ3v) is 4.06. The van der Waals surface area contributed by atoms with Gasteiger partial charge < -0.3 is 15.7 Å². The first-order valence-electron chi connectivity index (χ1n) is 6.15. The maximum absolute atomic E-state index is 11.6. The third-order valence-electron chi connectivity index (χ3n) is 2.70. The van der Waals surface area contributed by atoms with E-state index in [4.69, 9.17) is 5.11 Å². The molecule has 20 heavy (non-hydrogen) atoms. The Kier molecular flexibility index (Phi) is 6.94. The smallest absolute Gasteiger partial charge is 0.315 e. The lowest BCUT2D eigenvalue weighted by atomic mass is 9.85. The number of sulfonamides is 1. The van der Waals surface area contributed by atoms with Crippen LogP contribution in [0.2, 0.25) is 0 Å². The zero-order valence-electron chi connectivity index (χ0n) is 12.2. The number of amides is 2. The molecule has 0 fully saturated rings. The molecule has 0 radical (unpaired) electrons. The van der Waals surface area contributed by atoms with Gasteiger partial charge in [-0.15, -0.1) is 0 Å². The summed E-state index contributed by atoms with van der Waals surface area (Å²) in [5.74, 6) is -1.25. The van der Waals surface area contributed by atoms with Gasteiger partial charge in [0.15, 0.2) is 0 Å². The van der Waals surface area contributed by atoms with Crippen molar-refractivity contribution in [3.8, 4) is 0 Å². The highest BCUT2D eigenvalue weighted by Gasteiger charge is 2.28. The van der Waals surface area contributed by atoms with Gasteiger partial charge in [0.1, 0.15) is 0 Å². The fourth-order valence-electron chi connectivity index (χ4n) is 1.36. The fraction of sp³-hybridized carbons (Fsp3) is 0.818. The molecule has 0 aliphatic rings. The second-order valence-corrected chi connectivity index (χ2v) is 7.49. The topological polar surface area (TPSA) is 125 Å². The first-order valence-corrected chi connectivity index (χ1v) is 7.80. The lowest BCUT2D eigenvalue weighted by Gasteiger charge is -2.30. The number of nitrogens with one attached hydrogen (secondary N) is 3. The van der Waals surface area contributed by atoms with Gasteiger partial charge in [0.05, 0.1) is 12.2 Å². The van der Waals surface area contributed by atoms with Gasteiger partial charge in [-0.25, -0.2) is 17.9 Å². The largest absolute Gasteiger partial charge is 0.481 e. The van der Waals surface area contributed by atoms with Crippen molar-refractivity contribution in [3.05, 3.63) is 0 Å². The molecule has 1 atom stereocenters. The average molecular weight is 309 g/mol. The van der Waals surface area contributed by atoms with Crippen molar-refractivity contribution in [2.75, 3.05) is 19.3 Å². The Hall–Kier alpha value is -1.35. The number of urea groups is 1. The summed E-state index contributed by atoms with van der Waals surface area (Å²) in [6.45, 7) is 5.38. The molecule has 4 N–H and O–H groups in total. The predicted octanol–water partition coefficient (Wildman–Crippen LogP) is -0.276. The highest BCUT2D eigenvalue weighted by Crippen LogP contribution is 2.21. The minimum absolute atomic E-state index is 0.0566. The van der Waals surface area contributed by atoms with Crippen LogP contribution in [0, 0.1) is 5.41 Å². The van der Waals surface area contributed by atoms with E-state index in [9.17, 15) is 18.0 Å². The molecule has 1 unspecified atom stereocenters. The molecule has 0 spiro atoms. The lowest BCUT2D eigenvalue weighted by Crippen LogP contribution is -2.49. The van der Waals surface area contributed by atoms with Crippen LogP contribution in [0.5, 0.6) is 0 Å². The van der Waals surface area contributed by atoms with Crippen molar-refractivity contribution >= 4 is 22.0 Å². The molecule has 0 saturated heterocycles. The molecule has 0 saturated carbocycles. The van der Waals surface area contributed by atoms with Crippen molar-refractivity contribution in [2.24, 2.45) is 5.41 Å². The Bertz CT molecular complexity index is 441. The zero-order valence-corrected chi connectivity index (χ0v) is 13.0. The molecule has 0 aliphatic carbocycles. The molecule has 0 aromatic carbocycles. The monoisotopic (exact) mass is 309 g/mol. The number of carboxylic acid groups (broad SMARTS) is 1. The Balaban J connectivity index is 4.38. The molecule has 0 aromatic heterocycles. The van der Waals surface area contributed by atoms with Crippen molar-refractivity contribution < 1.29 is 23.1 Å². The van der Waals surface area contributed by atoms with Gasteiger partial charge >= 0.3 is 12.0 Å². The van der Waals surface area contributed by atoms with Crippen LogP contribution in [-0.4, -0.2) is 50.9 Å². The van der Waals surface area contributed by atoms with Crippen molar-refractivity contribution in [1.82, 2.24) is 15.4 Å². The summed E-state index contributed by atoms with van der Waals surface area (Å²) in [4.78, 5) is 22.4. The minimum atomic E-state index is -3.38. The van der Waals surface area contributed by atoms with Crippen LogP contribution in [-0.2, 0) is 14.8 Å². The van der Waals surface area contributed by atoms with E-state index in [1.54, 1.807) is 0 Å². The summed E-state index contributed by atoms with van der Waals surface area (Å²) < 4.78 is 24.4. The van der Waals surface area contributed by atoms with Crippen LogP contribution in [0.15, 0.2) is 0 Å². The summed E-state index contributed by atoms with van der Waals surface area (Å²) in [7, 11) is -2.09. The quantitative estimate of drug-likeness (QED) is 0.515. The van der Waals surface area contributed by atoms with E-state index >= 15 is 0 Å². The molecule has 0 heterocycles. The molecule has 9 heteroatoms. The fourth-order valence-corrected chi connectivity index (χ4v) is 1.93. The average Bonchev–Trinajstić information content (AvgIpc) is 2.26. The second-order valence-electron chi connectivity index (χ2n) is 5.44. The van der Waals surface area contributed by atoms with Crippen LogP contribution in [0.25, 0.3) is 0 Å². The minimum Gasteiger partial charge on any atom is -0.481 e. The van der Waals surface area contributed by atoms with Crippen molar-refractivity contribution in [1.29, 1.82) is 0 Å². The van der Waals surface area contributed by atoms with E-state index in [2.05, 4.69) is 15.4 Å². The first-order chi connectivity index (χ1) is 8.98. The van der Waals surface area contributed by atoms with Gasteiger partial charge in [-0.3, -0.25) is 4.79 Å². The molecular weight excluding hydrogens is 286 g/mol. The molecule has 0 aromatic rings. The van der Waals surface area contributed by atoms with Crippen molar-refractivity contribution in [2.45, 2.75) is 33.2 Å². The second kappa shape index (κ2) is 7.44. The molecule has 118 valence electrons. The summed E-state index contributed by atoms with van der Waals surface area (Å²) in [5.41, 5.74) is -0.424. The van der Waals surface area contributed by atoms with Gasteiger partial charge in [-0.1, -0.05) is 20.8 Å². The molecule has 8 nitrogen and oxygen atoms in total. The Morgan fingerprint density at radius 2 is 1.80 bits per heavy atom. The van der Waals surface area contributed by atoms with Crippen LogP contribution >= 0.6 is 0 Å².